The van der Waals surface area contributed by atoms with Gasteiger partial charge in [0, 0.05) is 18.7 Å². The van der Waals surface area contributed by atoms with Crippen LogP contribution in [0.4, 0.5) is 0 Å². The molecule has 18 heavy (non-hydrogen) atoms. The summed E-state index contributed by atoms with van der Waals surface area (Å²) in [6, 6.07) is 8.90. The van der Waals surface area contributed by atoms with Crippen molar-refractivity contribution < 1.29 is 9.84 Å². The van der Waals surface area contributed by atoms with Crippen molar-refractivity contribution in [2.45, 2.75) is 45.7 Å². The van der Waals surface area contributed by atoms with Crippen LogP contribution in [0, 0.1) is 0 Å². The molecule has 0 heterocycles. The first-order valence-electron chi connectivity index (χ1n) is 6.77. The number of rotatable bonds is 8. The van der Waals surface area contributed by atoms with E-state index in [4.69, 9.17) is 9.84 Å². The summed E-state index contributed by atoms with van der Waals surface area (Å²) in [6.07, 6.45) is 1.84. The third-order valence-corrected chi connectivity index (χ3v) is 3.00. The van der Waals surface area contributed by atoms with Crippen molar-refractivity contribution in [3.63, 3.8) is 0 Å². The van der Waals surface area contributed by atoms with E-state index in [1.165, 1.54) is 5.56 Å². The molecule has 0 radical (unpaired) electrons. The topological polar surface area (TPSA) is 41.5 Å². The second-order valence-electron chi connectivity index (χ2n) is 4.66. The van der Waals surface area contributed by atoms with Crippen molar-refractivity contribution in [2.75, 3.05) is 13.2 Å². The first-order valence-corrected chi connectivity index (χ1v) is 6.77. The number of aliphatic hydroxyl groups is 1. The molecule has 0 aliphatic rings. The van der Waals surface area contributed by atoms with Gasteiger partial charge in [-0.3, -0.25) is 0 Å². The minimum Gasteiger partial charge on any atom is -0.494 e. The van der Waals surface area contributed by atoms with Crippen molar-refractivity contribution in [2.24, 2.45) is 0 Å². The standard InChI is InChI=1S/C15H25NO2/c1-4-18-15-9-5-8-14(11-15)13(3)16-12(2)7-6-10-17/h5,8-9,11-13,16-17H,4,6-7,10H2,1-3H3. The molecular formula is C15H25NO2. The maximum Gasteiger partial charge on any atom is 0.119 e. The molecule has 0 amide bonds. The molecular weight excluding hydrogens is 226 g/mol. The van der Waals surface area contributed by atoms with Gasteiger partial charge in [0.1, 0.15) is 5.75 Å². The Balaban J connectivity index is 2.54. The average molecular weight is 251 g/mol. The minimum atomic E-state index is 0.264. The Bertz CT molecular complexity index is 341. The molecule has 2 unspecified atom stereocenters. The maximum absolute atomic E-state index is 8.82. The van der Waals surface area contributed by atoms with Crippen LogP contribution in [-0.4, -0.2) is 24.4 Å². The molecule has 102 valence electrons. The van der Waals surface area contributed by atoms with Crippen LogP contribution in [0.25, 0.3) is 0 Å². The fourth-order valence-corrected chi connectivity index (χ4v) is 2.04. The summed E-state index contributed by atoms with van der Waals surface area (Å²) in [5, 5.41) is 12.4. The average Bonchev–Trinajstić information content (AvgIpc) is 2.37. The van der Waals surface area contributed by atoms with Crippen LogP contribution in [0.1, 0.15) is 45.2 Å². The third-order valence-electron chi connectivity index (χ3n) is 3.00. The van der Waals surface area contributed by atoms with E-state index in [1.807, 2.05) is 19.1 Å². The minimum absolute atomic E-state index is 0.264. The summed E-state index contributed by atoms with van der Waals surface area (Å²) < 4.78 is 5.51. The van der Waals surface area contributed by atoms with Gasteiger partial charge in [-0.1, -0.05) is 12.1 Å². The monoisotopic (exact) mass is 251 g/mol. The van der Waals surface area contributed by atoms with Gasteiger partial charge in [0.25, 0.3) is 0 Å². The highest BCUT2D eigenvalue weighted by molar-refractivity contribution is 5.30. The van der Waals surface area contributed by atoms with Gasteiger partial charge in [0.15, 0.2) is 0 Å². The number of nitrogens with one attached hydrogen (secondary N) is 1. The summed E-state index contributed by atoms with van der Waals surface area (Å²) in [6.45, 7) is 7.25. The van der Waals surface area contributed by atoms with Crippen molar-refractivity contribution in [3.05, 3.63) is 29.8 Å². The Morgan fingerprint density at radius 2 is 2.11 bits per heavy atom. The van der Waals surface area contributed by atoms with Gasteiger partial charge < -0.3 is 15.2 Å². The first-order chi connectivity index (χ1) is 8.67. The van der Waals surface area contributed by atoms with Crippen molar-refractivity contribution in [1.29, 1.82) is 0 Å². The SMILES string of the molecule is CCOc1cccc(C(C)NC(C)CCCO)c1. The van der Waals surface area contributed by atoms with Crippen LogP contribution in [0.15, 0.2) is 24.3 Å². The molecule has 3 heteroatoms. The largest absolute Gasteiger partial charge is 0.494 e. The molecule has 0 aromatic heterocycles. The van der Waals surface area contributed by atoms with E-state index in [0.29, 0.717) is 18.7 Å². The Kier molecular flexibility index (Phi) is 6.76. The molecule has 1 aromatic rings. The highest BCUT2D eigenvalue weighted by Crippen LogP contribution is 2.19. The molecule has 0 spiro atoms. The summed E-state index contributed by atoms with van der Waals surface area (Å²) in [4.78, 5) is 0. The van der Waals surface area contributed by atoms with E-state index in [0.717, 1.165) is 18.6 Å². The van der Waals surface area contributed by atoms with Gasteiger partial charge in [-0.2, -0.15) is 0 Å². The van der Waals surface area contributed by atoms with Crippen LogP contribution in [0.2, 0.25) is 0 Å². The fraction of sp³-hybridized carbons (Fsp3) is 0.600. The smallest absolute Gasteiger partial charge is 0.119 e. The number of hydrogen-bond donors (Lipinski definition) is 2. The zero-order valence-corrected chi connectivity index (χ0v) is 11.6. The second kappa shape index (κ2) is 8.11. The molecule has 0 aliphatic heterocycles. The predicted octanol–water partition coefficient (Wildman–Crippen LogP) is 2.90. The zero-order valence-electron chi connectivity index (χ0n) is 11.6. The lowest BCUT2D eigenvalue weighted by molar-refractivity contribution is 0.274. The van der Waals surface area contributed by atoms with E-state index in [-0.39, 0.29) is 6.61 Å². The Morgan fingerprint density at radius 1 is 1.33 bits per heavy atom. The lowest BCUT2D eigenvalue weighted by Crippen LogP contribution is -2.29. The van der Waals surface area contributed by atoms with E-state index in [9.17, 15) is 0 Å². The van der Waals surface area contributed by atoms with E-state index in [2.05, 4.69) is 31.3 Å². The van der Waals surface area contributed by atoms with Crippen molar-refractivity contribution >= 4 is 0 Å². The number of benzene rings is 1. The van der Waals surface area contributed by atoms with Crippen LogP contribution >= 0.6 is 0 Å². The van der Waals surface area contributed by atoms with Crippen LogP contribution < -0.4 is 10.1 Å². The van der Waals surface area contributed by atoms with Crippen molar-refractivity contribution in [1.82, 2.24) is 5.32 Å². The van der Waals surface area contributed by atoms with E-state index < -0.39 is 0 Å². The maximum atomic E-state index is 8.82. The summed E-state index contributed by atoms with van der Waals surface area (Å²) in [5.41, 5.74) is 1.23. The van der Waals surface area contributed by atoms with Gasteiger partial charge in [-0.05, 0) is 51.3 Å². The lowest BCUT2D eigenvalue weighted by atomic mass is 10.1. The quantitative estimate of drug-likeness (QED) is 0.746. The second-order valence-corrected chi connectivity index (χ2v) is 4.66. The number of ether oxygens (including phenoxy) is 1. The van der Waals surface area contributed by atoms with Gasteiger partial charge in [-0.15, -0.1) is 0 Å². The zero-order chi connectivity index (χ0) is 13.4. The van der Waals surface area contributed by atoms with Crippen LogP contribution in [0.3, 0.4) is 0 Å². The number of hydrogen-bond acceptors (Lipinski definition) is 3. The van der Waals surface area contributed by atoms with E-state index in [1.54, 1.807) is 0 Å². The molecule has 3 nitrogen and oxygen atoms in total. The highest BCUT2D eigenvalue weighted by Gasteiger charge is 2.09. The van der Waals surface area contributed by atoms with E-state index >= 15 is 0 Å². The molecule has 0 saturated heterocycles. The Labute approximate surface area is 110 Å². The fourth-order valence-electron chi connectivity index (χ4n) is 2.04. The Morgan fingerprint density at radius 3 is 2.78 bits per heavy atom. The molecule has 1 aromatic carbocycles. The molecule has 0 saturated carbocycles. The molecule has 2 atom stereocenters. The molecule has 0 aliphatic carbocycles. The van der Waals surface area contributed by atoms with Gasteiger partial charge in [0.05, 0.1) is 6.61 Å². The molecule has 0 fully saturated rings. The van der Waals surface area contributed by atoms with Gasteiger partial charge >= 0.3 is 0 Å². The first kappa shape index (κ1) is 15.0. The third kappa shape index (κ3) is 5.07. The van der Waals surface area contributed by atoms with Crippen LogP contribution in [-0.2, 0) is 0 Å². The molecule has 2 N–H and O–H groups in total. The lowest BCUT2D eigenvalue weighted by Gasteiger charge is -2.20. The normalized spacial score (nSPS) is 14.2. The number of aliphatic hydroxyl groups excluding tert-OH is 1. The van der Waals surface area contributed by atoms with Gasteiger partial charge in [0.2, 0.25) is 0 Å². The highest BCUT2D eigenvalue weighted by atomic mass is 16.5. The van der Waals surface area contributed by atoms with Gasteiger partial charge in [-0.25, -0.2) is 0 Å². The summed E-state index contributed by atoms with van der Waals surface area (Å²) >= 11 is 0. The summed E-state index contributed by atoms with van der Waals surface area (Å²) in [5.74, 6) is 0.923. The van der Waals surface area contributed by atoms with Crippen LogP contribution in [0.5, 0.6) is 5.75 Å². The Hall–Kier alpha value is -1.06. The molecule has 0 bridgehead atoms. The summed E-state index contributed by atoms with van der Waals surface area (Å²) in [7, 11) is 0. The molecule has 1 rings (SSSR count). The predicted molar refractivity (Wildman–Crippen MR) is 74.9 cm³/mol. The van der Waals surface area contributed by atoms with Crippen molar-refractivity contribution in [3.8, 4) is 5.75 Å².